The molecule has 2 aliphatic heterocycles. The zero-order valence-corrected chi connectivity index (χ0v) is 13.0. The molecule has 1 atom stereocenters. The lowest BCUT2D eigenvalue weighted by Crippen LogP contribution is -2.28. The number of hydrogen-bond donors (Lipinski definition) is 1. The molecule has 108 valence electrons. The monoisotopic (exact) mass is 303 g/mol. The van der Waals surface area contributed by atoms with Crippen molar-refractivity contribution in [3.05, 3.63) is 16.1 Å². The zero-order valence-electron chi connectivity index (χ0n) is 11.4. The quantitative estimate of drug-likeness (QED) is 0.922. The summed E-state index contributed by atoms with van der Waals surface area (Å²) in [7, 11) is 1.73. The summed E-state index contributed by atoms with van der Waals surface area (Å²) in [6.45, 7) is 6.56. The molecule has 6 heteroatoms. The maximum atomic E-state index is 5.14. The van der Waals surface area contributed by atoms with Crippen LogP contribution < -0.4 is 5.32 Å². The molecular weight excluding hydrogens is 282 g/mol. The lowest BCUT2D eigenvalue weighted by atomic mass is 9.87. The first-order valence-corrected chi connectivity index (χ1v) is 7.47. The first kappa shape index (κ1) is 15.2. The van der Waals surface area contributed by atoms with Gasteiger partial charge in [0.05, 0.1) is 18.0 Å². The van der Waals surface area contributed by atoms with Crippen LogP contribution in [0.4, 0.5) is 0 Å². The topological polar surface area (TPSA) is 37.4 Å². The van der Waals surface area contributed by atoms with E-state index in [1.54, 1.807) is 18.4 Å². The Hall–Kier alpha value is -0.200. The van der Waals surface area contributed by atoms with E-state index in [0.29, 0.717) is 12.0 Å². The molecule has 4 nitrogen and oxygen atoms in total. The van der Waals surface area contributed by atoms with Crippen molar-refractivity contribution in [2.24, 2.45) is 5.41 Å². The summed E-state index contributed by atoms with van der Waals surface area (Å²) in [5.74, 6) is 0. The van der Waals surface area contributed by atoms with Gasteiger partial charge in [-0.05, 0) is 31.3 Å². The highest BCUT2D eigenvalue weighted by atomic mass is 35.5. The highest BCUT2D eigenvalue weighted by molar-refractivity contribution is 7.11. The van der Waals surface area contributed by atoms with Crippen LogP contribution in [0.3, 0.4) is 0 Å². The van der Waals surface area contributed by atoms with E-state index in [-0.39, 0.29) is 12.4 Å². The molecule has 1 N–H and O–H groups in total. The molecule has 1 aromatic heterocycles. The number of methoxy groups -OCH3 is 1. The predicted octanol–water partition coefficient (Wildman–Crippen LogP) is 1.90. The number of aromatic nitrogens is 1. The third-order valence-electron chi connectivity index (χ3n) is 4.10. The molecule has 1 aromatic rings. The summed E-state index contributed by atoms with van der Waals surface area (Å²) in [4.78, 5) is 8.28. The molecule has 3 rings (SSSR count). The van der Waals surface area contributed by atoms with Crippen LogP contribution in [0.25, 0.3) is 0 Å². The second kappa shape index (κ2) is 6.50. The van der Waals surface area contributed by atoms with Crippen LogP contribution in [0.2, 0.25) is 0 Å². The fourth-order valence-electron chi connectivity index (χ4n) is 3.13. The summed E-state index contributed by atoms with van der Waals surface area (Å²) in [6, 6.07) is 0. The molecule has 1 spiro atoms. The van der Waals surface area contributed by atoms with Crippen LogP contribution in [0.1, 0.15) is 22.7 Å². The molecule has 3 heterocycles. The number of nitrogens with zero attached hydrogens (tertiary/aromatic N) is 2. The summed E-state index contributed by atoms with van der Waals surface area (Å²) < 4.78 is 5.14. The Labute approximate surface area is 125 Å². The molecule has 0 bridgehead atoms. The minimum atomic E-state index is 0. The molecular formula is C13H22ClN3OS. The Morgan fingerprint density at radius 1 is 1.53 bits per heavy atom. The average molecular weight is 304 g/mol. The first-order valence-electron chi connectivity index (χ1n) is 6.65. The summed E-state index contributed by atoms with van der Waals surface area (Å²) >= 11 is 1.78. The second-order valence-electron chi connectivity index (χ2n) is 5.54. The van der Waals surface area contributed by atoms with Crippen molar-refractivity contribution >= 4 is 23.7 Å². The Bertz CT molecular complexity index is 406. The average Bonchev–Trinajstić information content (AvgIpc) is 3.06. The third-order valence-corrected chi connectivity index (χ3v) is 5.05. The van der Waals surface area contributed by atoms with Crippen molar-refractivity contribution in [3.63, 3.8) is 0 Å². The molecule has 0 aliphatic carbocycles. The Morgan fingerprint density at radius 2 is 2.42 bits per heavy atom. The van der Waals surface area contributed by atoms with Crippen molar-refractivity contribution in [1.82, 2.24) is 15.2 Å². The lowest BCUT2D eigenvalue weighted by Gasteiger charge is -2.22. The van der Waals surface area contributed by atoms with Crippen LogP contribution in [-0.4, -0.2) is 43.2 Å². The van der Waals surface area contributed by atoms with Crippen molar-refractivity contribution in [3.8, 4) is 0 Å². The Balaban J connectivity index is 0.00000133. The summed E-state index contributed by atoms with van der Waals surface area (Å²) in [5, 5.41) is 4.73. The standard InChI is InChI=1S/C13H21N3OS.ClH/c1-17-8-11-6-15-12(18-11)7-16-5-3-13(10-16)2-4-14-9-13;/h6,14H,2-5,7-10H2,1H3;1H. The SMILES string of the molecule is COCc1cnc(CN2CCC3(CCNC3)C2)s1.Cl. The van der Waals surface area contributed by atoms with Gasteiger partial charge in [-0.2, -0.15) is 0 Å². The zero-order chi connectivity index (χ0) is 12.4. The molecule has 0 saturated carbocycles. The van der Waals surface area contributed by atoms with Gasteiger partial charge in [-0.3, -0.25) is 4.90 Å². The maximum Gasteiger partial charge on any atom is 0.107 e. The predicted molar refractivity (Wildman–Crippen MR) is 79.9 cm³/mol. The number of hydrogen-bond acceptors (Lipinski definition) is 5. The largest absolute Gasteiger partial charge is 0.379 e. The fourth-order valence-corrected chi connectivity index (χ4v) is 4.07. The van der Waals surface area contributed by atoms with Crippen LogP contribution in [-0.2, 0) is 17.9 Å². The highest BCUT2D eigenvalue weighted by Crippen LogP contribution is 2.36. The van der Waals surface area contributed by atoms with Gasteiger partial charge in [0.1, 0.15) is 5.01 Å². The van der Waals surface area contributed by atoms with E-state index in [1.165, 1.54) is 48.9 Å². The van der Waals surface area contributed by atoms with Crippen molar-refractivity contribution in [1.29, 1.82) is 0 Å². The Morgan fingerprint density at radius 3 is 3.16 bits per heavy atom. The Kier molecular flexibility index (Phi) is 5.20. The maximum absolute atomic E-state index is 5.14. The number of ether oxygens (including phenoxy) is 1. The van der Waals surface area contributed by atoms with E-state index in [4.69, 9.17) is 4.74 Å². The van der Waals surface area contributed by atoms with Gasteiger partial charge in [0.2, 0.25) is 0 Å². The molecule has 0 amide bonds. The summed E-state index contributed by atoms with van der Waals surface area (Å²) in [6.07, 6.45) is 4.64. The summed E-state index contributed by atoms with van der Waals surface area (Å²) in [5.41, 5.74) is 0.562. The highest BCUT2D eigenvalue weighted by Gasteiger charge is 2.40. The minimum absolute atomic E-state index is 0. The van der Waals surface area contributed by atoms with E-state index >= 15 is 0 Å². The normalized spacial score (nSPS) is 27.0. The van der Waals surface area contributed by atoms with Gasteiger partial charge in [-0.25, -0.2) is 4.98 Å². The van der Waals surface area contributed by atoms with Crippen molar-refractivity contribution in [2.45, 2.75) is 26.0 Å². The van der Waals surface area contributed by atoms with E-state index < -0.39 is 0 Å². The van der Waals surface area contributed by atoms with E-state index in [0.717, 1.165) is 6.54 Å². The number of likely N-dealkylation sites (tertiary alicyclic amines) is 1. The van der Waals surface area contributed by atoms with Gasteiger partial charge >= 0.3 is 0 Å². The van der Waals surface area contributed by atoms with Crippen molar-refractivity contribution < 1.29 is 4.74 Å². The molecule has 2 fully saturated rings. The third kappa shape index (κ3) is 3.47. The van der Waals surface area contributed by atoms with Gasteiger partial charge < -0.3 is 10.1 Å². The molecule has 2 saturated heterocycles. The molecule has 1 unspecified atom stereocenters. The smallest absolute Gasteiger partial charge is 0.107 e. The van der Waals surface area contributed by atoms with Crippen LogP contribution in [0.15, 0.2) is 6.20 Å². The van der Waals surface area contributed by atoms with Gasteiger partial charge in [-0.15, -0.1) is 23.7 Å². The van der Waals surface area contributed by atoms with Crippen LogP contribution in [0.5, 0.6) is 0 Å². The second-order valence-corrected chi connectivity index (χ2v) is 6.74. The molecule has 19 heavy (non-hydrogen) atoms. The number of halogens is 1. The van der Waals surface area contributed by atoms with E-state index in [9.17, 15) is 0 Å². The number of rotatable bonds is 4. The first-order chi connectivity index (χ1) is 8.80. The molecule has 0 aromatic carbocycles. The van der Waals surface area contributed by atoms with Crippen molar-refractivity contribution in [2.75, 3.05) is 33.3 Å². The van der Waals surface area contributed by atoms with Gasteiger partial charge in [-0.1, -0.05) is 0 Å². The van der Waals surface area contributed by atoms with Crippen LogP contribution in [0, 0.1) is 5.41 Å². The number of thiazole rings is 1. The van der Waals surface area contributed by atoms with Gasteiger partial charge in [0, 0.05) is 26.4 Å². The number of nitrogens with one attached hydrogen (secondary N) is 1. The van der Waals surface area contributed by atoms with Crippen LogP contribution >= 0.6 is 23.7 Å². The molecule has 0 radical (unpaired) electrons. The minimum Gasteiger partial charge on any atom is -0.379 e. The molecule has 2 aliphatic rings. The van der Waals surface area contributed by atoms with E-state index in [1.807, 2.05) is 6.20 Å². The lowest BCUT2D eigenvalue weighted by molar-refractivity contribution is 0.187. The van der Waals surface area contributed by atoms with Gasteiger partial charge in [0.25, 0.3) is 0 Å². The van der Waals surface area contributed by atoms with E-state index in [2.05, 4.69) is 15.2 Å². The van der Waals surface area contributed by atoms with Gasteiger partial charge in [0.15, 0.2) is 0 Å². The fraction of sp³-hybridized carbons (Fsp3) is 0.769.